The Hall–Kier alpha value is -6.72. The van der Waals surface area contributed by atoms with Crippen LogP contribution in [0.5, 0.6) is 0 Å². The second kappa shape index (κ2) is 11.8. The van der Waals surface area contributed by atoms with Crippen LogP contribution in [0.15, 0.2) is 140 Å². The smallest absolute Gasteiger partial charge is 0.0738 e. The maximum atomic E-state index is 6.65. The average Bonchev–Trinajstić information content (AvgIpc) is 3.98. The molecule has 0 amide bonds. The van der Waals surface area contributed by atoms with Gasteiger partial charge in [0, 0.05) is 55.6 Å². The van der Waals surface area contributed by atoms with Gasteiger partial charge in [-0.1, -0.05) is 109 Å². The van der Waals surface area contributed by atoms with Crippen LogP contribution in [0.25, 0.3) is 90.9 Å². The highest BCUT2D eigenvalue weighted by molar-refractivity contribution is 6.00. The van der Waals surface area contributed by atoms with Gasteiger partial charge in [-0.25, -0.2) is 9.97 Å². The Balaban J connectivity index is 1.49. The molecule has 0 spiro atoms. The van der Waals surface area contributed by atoms with Gasteiger partial charge in [-0.3, -0.25) is 0 Å². The lowest BCUT2D eigenvalue weighted by atomic mass is 10.0. The molecule has 2 aliphatic heterocycles. The van der Waals surface area contributed by atoms with Crippen molar-refractivity contribution in [2.45, 2.75) is 0 Å². The number of rotatable bonds is 4. The summed E-state index contributed by atoms with van der Waals surface area (Å²) in [7, 11) is 0. The van der Waals surface area contributed by atoms with Crippen molar-refractivity contribution < 1.29 is 0 Å². The first-order valence-electron chi connectivity index (χ1n) is 16.4. The standard InChI is InChI=1S/C44H31N5/c45-32-19-11-10-18-31(32)44-39-26-24-37(48-39)42(29-14-6-2-7-15-29)35-22-20-33(46-35)41(28-12-4-1-5-13-28)34-21-23-36(47-34)43(30-16-8-3-9-17-30)38-25-27-40(44)49-38/h1-27,46-47H,45H2. The van der Waals surface area contributed by atoms with Crippen LogP contribution in [0.3, 0.4) is 0 Å². The van der Waals surface area contributed by atoms with Gasteiger partial charge < -0.3 is 15.7 Å². The minimum atomic E-state index is 0.674. The minimum Gasteiger partial charge on any atom is -0.398 e. The number of hydrogen-bond acceptors (Lipinski definition) is 3. The zero-order chi connectivity index (χ0) is 32.7. The summed E-state index contributed by atoms with van der Waals surface area (Å²) >= 11 is 0. The molecule has 5 heterocycles. The van der Waals surface area contributed by atoms with Crippen LogP contribution in [0.1, 0.15) is 22.8 Å². The molecule has 5 nitrogen and oxygen atoms in total. The van der Waals surface area contributed by atoms with Crippen molar-refractivity contribution in [3.8, 4) is 44.5 Å². The molecule has 5 heteroatoms. The van der Waals surface area contributed by atoms with Crippen LogP contribution < -0.4 is 5.73 Å². The lowest BCUT2D eigenvalue weighted by molar-refractivity contribution is 1.28. The van der Waals surface area contributed by atoms with E-state index in [0.717, 1.165) is 89.4 Å². The molecular formula is C44H31N5. The second-order valence-corrected chi connectivity index (χ2v) is 12.2. The normalized spacial score (nSPS) is 12.0. The molecule has 4 aromatic carbocycles. The van der Waals surface area contributed by atoms with Gasteiger partial charge in [-0.15, -0.1) is 0 Å². The van der Waals surface area contributed by atoms with Crippen molar-refractivity contribution in [1.29, 1.82) is 0 Å². The fourth-order valence-electron chi connectivity index (χ4n) is 6.94. The average molecular weight is 630 g/mol. The van der Waals surface area contributed by atoms with Crippen LogP contribution in [0.2, 0.25) is 0 Å². The van der Waals surface area contributed by atoms with Crippen LogP contribution in [0, 0.1) is 0 Å². The molecule has 0 atom stereocenters. The molecule has 0 saturated heterocycles. The van der Waals surface area contributed by atoms with Crippen molar-refractivity contribution >= 4 is 52.1 Å². The summed E-state index contributed by atoms with van der Waals surface area (Å²) in [5.74, 6) is 0. The highest BCUT2D eigenvalue weighted by atomic mass is 14.8. The van der Waals surface area contributed by atoms with Crippen molar-refractivity contribution in [2.75, 3.05) is 5.73 Å². The molecule has 4 N–H and O–H groups in total. The predicted octanol–water partition coefficient (Wildman–Crippen LogP) is 10.9. The third kappa shape index (κ3) is 5.05. The topological polar surface area (TPSA) is 83.4 Å². The maximum Gasteiger partial charge on any atom is 0.0738 e. The van der Waals surface area contributed by atoms with E-state index in [1.54, 1.807) is 0 Å². The van der Waals surface area contributed by atoms with Crippen molar-refractivity contribution in [1.82, 2.24) is 19.9 Å². The zero-order valence-electron chi connectivity index (χ0n) is 26.6. The summed E-state index contributed by atoms with van der Waals surface area (Å²) in [6.45, 7) is 0. The van der Waals surface area contributed by atoms with Gasteiger partial charge in [0.15, 0.2) is 0 Å². The Bertz CT molecular complexity index is 2450. The van der Waals surface area contributed by atoms with E-state index < -0.39 is 0 Å². The number of nitrogen functional groups attached to an aromatic ring is 1. The number of hydrogen-bond donors (Lipinski definition) is 3. The number of anilines is 1. The summed E-state index contributed by atoms with van der Waals surface area (Å²) in [6.07, 6.45) is 8.35. The molecule has 7 aromatic rings. The quantitative estimate of drug-likeness (QED) is 0.169. The van der Waals surface area contributed by atoms with Crippen LogP contribution in [-0.4, -0.2) is 19.9 Å². The van der Waals surface area contributed by atoms with Crippen molar-refractivity contribution in [3.63, 3.8) is 0 Å². The Morgan fingerprint density at radius 1 is 0.347 bits per heavy atom. The molecule has 232 valence electrons. The first kappa shape index (κ1) is 28.5. The monoisotopic (exact) mass is 629 g/mol. The van der Waals surface area contributed by atoms with Crippen molar-refractivity contribution in [2.24, 2.45) is 0 Å². The summed E-state index contributed by atoms with van der Waals surface area (Å²) in [6, 6.07) is 48.0. The highest BCUT2D eigenvalue weighted by Gasteiger charge is 2.20. The molecule has 8 bridgehead atoms. The number of fused-ring (bicyclic) bond motifs is 8. The van der Waals surface area contributed by atoms with Gasteiger partial charge in [0.2, 0.25) is 0 Å². The van der Waals surface area contributed by atoms with E-state index in [2.05, 4.69) is 131 Å². The van der Waals surface area contributed by atoms with Crippen LogP contribution in [-0.2, 0) is 0 Å². The molecule has 0 saturated carbocycles. The summed E-state index contributed by atoms with van der Waals surface area (Å²) in [4.78, 5) is 18.3. The third-order valence-electron chi connectivity index (χ3n) is 9.17. The molecular weight excluding hydrogens is 599 g/mol. The molecule has 49 heavy (non-hydrogen) atoms. The number of H-pyrrole nitrogens is 2. The van der Waals surface area contributed by atoms with E-state index in [0.29, 0.717) is 5.69 Å². The molecule has 0 aliphatic carbocycles. The lowest BCUT2D eigenvalue weighted by Crippen LogP contribution is -1.95. The van der Waals surface area contributed by atoms with Gasteiger partial charge in [-0.05, 0) is 71.3 Å². The number of benzene rings is 4. The Kier molecular flexibility index (Phi) is 6.87. The van der Waals surface area contributed by atoms with Gasteiger partial charge in [-0.2, -0.15) is 0 Å². The largest absolute Gasteiger partial charge is 0.398 e. The van der Waals surface area contributed by atoms with E-state index in [1.807, 2.05) is 42.5 Å². The first-order valence-corrected chi connectivity index (χ1v) is 16.4. The van der Waals surface area contributed by atoms with Crippen LogP contribution >= 0.6 is 0 Å². The molecule has 2 aliphatic rings. The number of para-hydroxylation sites is 1. The van der Waals surface area contributed by atoms with Gasteiger partial charge >= 0.3 is 0 Å². The Morgan fingerprint density at radius 3 is 1.12 bits per heavy atom. The van der Waals surface area contributed by atoms with E-state index in [-0.39, 0.29) is 0 Å². The molecule has 9 rings (SSSR count). The fourth-order valence-corrected chi connectivity index (χ4v) is 6.94. The zero-order valence-corrected chi connectivity index (χ0v) is 26.6. The molecule has 0 unspecified atom stereocenters. The molecule has 0 radical (unpaired) electrons. The molecule has 0 fully saturated rings. The summed E-state index contributed by atoms with van der Waals surface area (Å²) in [5.41, 5.74) is 22.8. The lowest BCUT2D eigenvalue weighted by Gasteiger charge is -2.08. The molecule has 3 aromatic heterocycles. The van der Waals surface area contributed by atoms with Gasteiger partial charge in [0.1, 0.15) is 0 Å². The second-order valence-electron chi connectivity index (χ2n) is 12.2. The number of nitrogens with one attached hydrogen (secondary N) is 2. The van der Waals surface area contributed by atoms with E-state index in [4.69, 9.17) is 15.7 Å². The SMILES string of the molecule is Nc1ccccc1-c1c2nc(c(-c3ccccc3)c3ccc([nH]3)c(-c3ccccc3)c3ccc([nH]3)c(-c3ccccc3)c3nc1C=C3)C=C2. The van der Waals surface area contributed by atoms with E-state index >= 15 is 0 Å². The van der Waals surface area contributed by atoms with E-state index in [1.165, 1.54) is 0 Å². The summed E-state index contributed by atoms with van der Waals surface area (Å²) < 4.78 is 0. The minimum absolute atomic E-state index is 0.674. The predicted molar refractivity (Wildman–Crippen MR) is 205 cm³/mol. The van der Waals surface area contributed by atoms with Gasteiger partial charge in [0.05, 0.1) is 22.8 Å². The van der Waals surface area contributed by atoms with Crippen molar-refractivity contribution in [3.05, 3.63) is 162 Å². The number of aromatic amines is 2. The van der Waals surface area contributed by atoms with E-state index in [9.17, 15) is 0 Å². The first-order chi connectivity index (χ1) is 24.2. The third-order valence-corrected chi connectivity index (χ3v) is 9.17. The number of nitrogens with two attached hydrogens (primary N) is 1. The fraction of sp³-hybridized carbons (Fsp3) is 0. The highest BCUT2D eigenvalue weighted by Crippen LogP contribution is 2.39. The van der Waals surface area contributed by atoms with Gasteiger partial charge in [0.25, 0.3) is 0 Å². The van der Waals surface area contributed by atoms with Crippen LogP contribution in [0.4, 0.5) is 5.69 Å². The maximum absolute atomic E-state index is 6.65. The Labute approximate surface area is 283 Å². The Morgan fingerprint density at radius 2 is 0.694 bits per heavy atom. The summed E-state index contributed by atoms with van der Waals surface area (Å²) in [5, 5.41) is 0. The number of nitrogens with zero attached hydrogens (tertiary/aromatic N) is 2. The number of aromatic nitrogens is 4.